The van der Waals surface area contributed by atoms with Gasteiger partial charge in [0.25, 0.3) is 5.91 Å². The van der Waals surface area contributed by atoms with Crippen molar-refractivity contribution in [2.45, 2.75) is 26.3 Å². The number of hydrogen-bond donors (Lipinski definition) is 2. The molecule has 1 aromatic rings. The summed E-state index contributed by atoms with van der Waals surface area (Å²) >= 11 is 5.98. The predicted octanol–water partition coefficient (Wildman–Crippen LogP) is 1.91. The van der Waals surface area contributed by atoms with Gasteiger partial charge in [0.1, 0.15) is 0 Å². The molecule has 1 heterocycles. The summed E-state index contributed by atoms with van der Waals surface area (Å²) < 4.78 is 25.4. The maximum absolute atomic E-state index is 12.8. The van der Waals surface area contributed by atoms with Gasteiger partial charge in [-0.1, -0.05) is 25.4 Å². The van der Waals surface area contributed by atoms with Gasteiger partial charge in [0, 0.05) is 24.2 Å². The van der Waals surface area contributed by atoms with Crippen LogP contribution in [0.3, 0.4) is 0 Å². The number of halogens is 1. The maximum atomic E-state index is 12.8. The summed E-state index contributed by atoms with van der Waals surface area (Å²) in [6.07, 6.45) is 1.74. The third-order valence-electron chi connectivity index (χ3n) is 4.11. The Bertz CT molecular complexity index is 719. The lowest BCUT2D eigenvalue weighted by Crippen LogP contribution is -2.54. The van der Waals surface area contributed by atoms with Crippen LogP contribution in [0, 0.1) is 5.41 Å². The van der Waals surface area contributed by atoms with E-state index in [1.165, 1.54) is 12.1 Å². The van der Waals surface area contributed by atoms with Crippen LogP contribution in [0.5, 0.6) is 0 Å². The number of carbonyl (C=O) groups is 1. The number of likely N-dealkylation sites (tertiary alicyclic amines) is 1. The molecule has 0 spiro atoms. The minimum Gasteiger partial charge on any atom is -0.338 e. The second kappa shape index (κ2) is 6.30. The van der Waals surface area contributed by atoms with E-state index in [9.17, 15) is 13.2 Å². The van der Waals surface area contributed by atoms with Crippen LogP contribution in [0.4, 0.5) is 5.69 Å². The lowest BCUT2D eigenvalue weighted by Gasteiger charge is -2.42. The van der Waals surface area contributed by atoms with E-state index < -0.39 is 10.0 Å². The summed E-state index contributed by atoms with van der Waals surface area (Å²) in [4.78, 5) is 14.5. The molecule has 2 rings (SSSR count). The topological polar surface area (TPSA) is 92.5 Å². The van der Waals surface area contributed by atoms with Crippen molar-refractivity contribution in [3.8, 4) is 0 Å². The van der Waals surface area contributed by atoms with E-state index >= 15 is 0 Å². The molecule has 1 unspecified atom stereocenters. The SMILES string of the molecule is CC1(C)CN(C(=O)c2cc(Cl)ccc2NS(C)(=O)=O)CCC1N. The highest BCUT2D eigenvalue weighted by atomic mass is 35.5. The molecular formula is C15H22ClN3O3S. The van der Waals surface area contributed by atoms with Gasteiger partial charge in [0.15, 0.2) is 0 Å². The molecule has 0 bridgehead atoms. The quantitative estimate of drug-likeness (QED) is 0.862. The monoisotopic (exact) mass is 359 g/mol. The lowest BCUT2D eigenvalue weighted by atomic mass is 9.79. The van der Waals surface area contributed by atoms with Crippen LogP contribution >= 0.6 is 11.6 Å². The van der Waals surface area contributed by atoms with Crippen LogP contribution in [0.1, 0.15) is 30.6 Å². The van der Waals surface area contributed by atoms with Gasteiger partial charge in [-0.3, -0.25) is 9.52 Å². The first kappa shape index (κ1) is 18.0. The van der Waals surface area contributed by atoms with Crippen molar-refractivity contribution in [3.05, 3.63) is 28.8 Å². The van der Waals surface area contributed by atoms with Gasteiger partial charge in [-0.15, -0.1) is 0 Å². The smallest absolute Gasteiger partial charge is 0.256 e. The van der Waals surface area contributed by atoms with Crippen molar-refractivity contribution < 1.29 is 13.2 Å². The molecule has 0 saturated carbocycles. The number of nitrogens with one attached hydrogen (secondary N) is 1. The predicted molar refractivity (Wildman–Crippen MR) is 92.2 cm³/mol. The molecule has 23 heavy (non-hydrogen) atoms. The van der Waals surface area contributed by atoms with Gasteiger partial charge in [-0.05, 0) is 30.0 Å². The molecule has 0 radical (unpaired) electrons. The number of sulfonamides is 1. The van der Waals surface area contributed by atoms with E-state index in [0.717, 1.165) is 6.26 Å². The van der Waals surface area contributed by atoms with Crippen molar-refractivity contribution in [2.75, 3.05) is 24.1 Å². The second-order valence-electron chi connectivity index (χ2n) is 6.67. The number of piperidine rings is 1. The molecular weight excluding hydrogens is 338 g/mol. The van der Waals surface area contributed by atoms with Crippen LogP contribution in [-0.4, -0.2) is 44.6 Å². The van der Waals surface area contributed by atoms with Gasteiger partial charge < -0.3 is 10.6 Å². The number of benzene rings is 1. The number of nitrogens with two attached hydrogens (primary N) is 1. The molecule has 1 amide bonds. The van der Waals surface area contributed by atoms with Gasteiger partial charge in [0.05, 0.1) is 17.5 Å². The van der Waals surface area contributed by atoms with E-state index in [-0.39, 0.29) is 28.6 Å². The normalized spacial score (nSPS) is 21.1. The summed E-state index contributed by atoms with van der Waals surface area (Å²) in [5.74, 6) is -0.251. The van der Waals surface area contributed by atoms with Gasteiger partial charge in [-0.25, -0.2) is 8.42 Å². The standard InChI is InChI=1S/C15H22ClN3O3S/c1-15(2)9-19(7-6-13(15)17)14(20)11-8-10(16)4-5-12(11)18-23(3,21)22/h4-5,8,13,18H,6-7,9,17H2,1-3H3. The van der Waals surface area contributed by atoms with E-state index in [0.29, 0.717) is 24.5 Å². The largest absolute Gasteiger partial charge is 0.338 e. The minimum atomic E-state index is -3.49. The van der Waals surface area contributed by atoms with Crippen molar-refractivity contribution in [3.63, 3.8) is 0 Å². The Morgan fingerprint density at radius 3 is 2.65 bits per heavy atom. The molecule has 3 N–H and O–H groups in total. The molecule has 1 aromatic carbocycles. The van der Waals surface area contributed by atoms with Gasteiger partial charge >= 0.3 is 0 Å². The maximum Gasteiger partial charge on any atom is 0.256 e. The second-order valence-corrected chi connectivity index (χ2v) is 8.86. The molecule has 1 atom stereocenters. The Morgan fingerprint density at radius 2 is 2.09 bits per heavy atom. The third kappa shape index (κ3) is 4.37. The molecule has 1 aliphatic rings. The zero-order valence-electron chi connectivity index (χ0n) is 13.5. The molecule has 0 aromatic heterocycles. The highest BCUT2D eigenvalue weighted by molar-refractivity contribution is 7.92. The third-order valence-corrected chi connectivity index (χ3v) is 4.93. The van der Waals surface area contributed by atoms with Crippen molar-refractivity contribution >= 4 is 33.2 Å². The summed E-state index contributed by atoms with van der Waals surface area (Å²) in [5, 5.41) is 0.375. The molecule has 128 valence electrons. The molecule has 1 aliphatic heterocycles. The summed E-state index contributed by atoms with van der Waals surface area (Å²) in [6.45, 7) is 5.08. The Labute approximate surface area is 142 Å². The Kier molecular flexibility index (Phi) is 4.94. The number of rotatable bonds is 3. The Hall–Kier alpha value is -1.31. The molecule has 8 heteroatoms. The zero-order valence-corrected chi connectivity index (χ0v) is 15.0. The van der Waals surface area contributed by atoms with Crippen LogP contribution in [-0.2, 0) is 10.0 Å². The zero-order chi connectivity index (χ0) is 17.4. The van der Waals surface area contributed by atoms with Crippen molar-refractivity contribution in [2.24, 2.45) is 11.1 Å². The van der Waals surface area contributed by atoms with E-state index in [2.05, 4.69) is 4.72 Å². The first-order valence-electron chi connectivity index (χ1n) is 7.32. The number of anilines is 1. The first-order chi connectivity index (χ1) is 10.5. The first-order valence-corrected chi connectivity index (χ1v) is 9.59. The Balaban J connectivity index is 2.34. The number of nitrogens with zero attached hydrogens (tertiary/aromatic N) is 1. The number of hydrogen-bond acceptors (Lipinski definition) is 4. The molecule has 6 nitrogen and oxygen atoms in total. The highest BCUT2D eigenvalue weighted by Crippen LogP contribution is 2.30. The van der Waals surface area contributed by atoms with Crippen LogP contribution in [0.2, 0.25) is 5.02 Å². The fourth-order valence-electron chi connectivity index (χ4n) is 2.70. The average molecular weight is 360 g/mol. The van der Waals surface area contributed by atoms with Crippen LogP contribution in [0.25, 0.3) is 0 Å². The van der Waals surface area contributed by atoms with E-state index in [1.807, 2.05) is 13.8 Å². The van der Waals surface area contributed by atoms with Crippen molar-refractivity contribution in [1.29, 1.82) is 0 Å². The molecule has 0 aliphatic carbocycles. The fourth-order valence-corrected chi connectivity index (χ4v) is 3.45. The fraction of sp³-hybridized carbons (Fsp3) is 0.533. The lowest BCUT2D eigenvalue weighted by molar-refractivity contribution is 0.0534. The van der Waals surface area contributed by atoms with Gasteiger partial charge in [-0.2, -0.15) is 0 Å². The van der Waals surface area contributed by atoms with Crippen LogP contribution in [0.15, 0.2) is 18.2 Å². The average Bonchev–Trinajstić information content (AvgIpc) is 2.41. The van der Waals surface area contributed by atoms with E-state index in [1.54, 1.807) is 11.0 Å². The number of carbonyl (C=O) groups excluding carboxylic acids is 1. The highest BCUT2D eigenvalue weighted by Gasteiger charge is 2.36. The molecule has 1 fully saturated rings. The summed E-state index contributed by atoms with van der Waals surface area (Å²) in [5.41, 5.74) is 6.38. The number of amides is 1. The minimum absolute atomic E-state index is 0.0273. The molecule has 1 saturated heterocycles. The van der Waals surface area contributed by atoms with Gasteiger partial charge in [0.2, 0.25) is 10.0 Å². The summed E-state index contributed by atoms with van der Waals surface area (Å²) in [6, 6.07) is 4.55. The van der Waals surface area contributed by atoms with E-state index in [4.69, 9.17) is 17.3 Å². The Morgan fingerprint density at radius 1 is 1.43 bits per heavy atom. The summed E-state index contributed by atoms with van der Waals surface area (Å²) in [7, 11) is -3.49. The van der Waals surface area contributed by atoms with Crippen LogP contribution < -0.4 is 10.5 Å². The van der Waals surface area contributed by atoms with Crippen molar-refractivity contribution in [1.82, 2.24) is 4.90 Å².